The minimum Gasteiger partial charge on any atom is -0.323 e. The average Bonchev–Trinajstić information content (AvgIpc) is 3.09. The van der Waals surface area contributed by atoms with Crippen LogP contribution in [0.15, 0.2) is 30.6 Å². The number of nitrogens with zero attached hydrogens (tertiary/aromatic N) is 2. The van der Waals surface area contributed by atoms with Crippen LogP contribution >= 0.6 is 0 Å². The molecule has 0 radical (unpaired) electrons. The van der Waals surface area contributed by atoms with E-state index in [-0.39, 0.29) is 30.5 Å². The Balaban J connectivity index is 1.74. The van der Waals surface area contributed by atoms with Gasteiger partial charge in [0.25, 0.3) is 0 Å². The van der Waals surface area contributed by atoms with Crippen LogP contribution in [-0.2, 0) is 9.59 Å². The lowest BCUT2D eigenvalue weighted by Crippen LogP contribution is -2.28. The first kappa shape index (κ1) is 14.2. The van der Waals surface area contributed by atoms with Crippen LogP contribution in [0.1, 0.15) is 6.42 Å². The summed E-state index contributed by atoms with van der Waals surface area (Å²) in [5, 5.41) is 8.87. The van der Waals surface area contributed by atoms with Crippen LogP contribution in [0.2, 0.25) is 0 Å². The molecule has 0 saturated carbocycles. The van der Waals surface area contributed by atoms with E-state index in [1.54, 1.807) is 0 Å². The standard InChI is InChI=1S/C14H12F2N4O2/c15-9-1-2-12(11(16)4-9)20-7-8(3-13(20)21)14(22)19-10-5-17-18-6-10/h1-2,4-6,8H,3,7H2,(H,17,18)(H,19,22)/t8-/m1/s1. The van der Waals surface area contributed by atoms with Gasteiger partial charge in [0.1, 0.15) is 11.6 Å². The molecule has 22 heavy (non-hydrogen) atoms. The van der Waals surface area contributed by atoms with E-state index >= 15 is 0 Å². The summed E-state index contributed by atoms with van der Waals surface area (Å²) < 4.78 is 26.7. The van der Waals surface area contributed by atoms with Gasteiger partial charge in [-0.05, 0) is 12.1 Å². The highest BCUT2D eigenvalue weighted by molar-refractivity contribution is 6.03. The highest BCUT2D eigenvalue weighted by Crippen LogP contribution is 2.28. The molecule has 6 nitrogen and oxygen atoms in total. The first-order valence-corrected chi connectivity index (χ1v) is 6.59. The van der Waals surface area contributed by atoms with Crippen molar-refractivity contribution in [3.8, 4) is 0 Å². The molecular weight excluding hydrogens is 294 g/mol. The SMILES string of the molecule is O=C(Nc1cn[nH]c1)[C@@H]1CC(=O)N(c2ccc(F)cc2F)C1. The molecule has 2 amide bonds. The van der Waals surface area contributed by atoms with Crippen LogP contribution < -0.4 is 10.2 Å². The zero-order valence-corrected chi connectivity index (χ0v) is 11.3. The maximum Gasteiger partial charge on any atom is 0.229 e. The first-order chi connectivity index (χ1) is 10.5. The largest absolute Gasteiger partial charge is 0.323 e. The molecule has 1 aromatic carbocycles. The summed E-state index contributed by atoms with van der Waals surface area (Å²) in [5.41, 5.74) is 0.467. The maximum atomic E-state index is 13.8. The molecule has 114 valence electrons. The summed E-state index contributed by atoms with van der Waals surface area (Å²) in [4.78, 5) is 25.2. The van der Waals surface area contributed by atoms with Gasteiger partial charge in [-0.25, -0.2) is 8.78 Å². The van der Waals surface area contributed by atoms with E-state index in [0.717, 1.165) is 11.0 Å². The number of H-pyrrole nitrogens is 1. The van der Waals surface area contributed by atoms with Crippen LogP contribution in [0.4, 0.5) is 20.2 Å². The highest BCUT2D eigenvalue weighted by atomic mass is 19.1. The van der Waals surface area contributed by atoms with E-state index in [0.29, 0.717) is 11.8 Å². The van der Waals surface area contributed by atoms with E-state index in [4.69, 9.17) is 0 Å². The Morgan fingerprint density at radius 3 is 2.91 bits per heavy atom. The number of halogens is 2. The molecule has 1 saturated heterocycles. The topological polar surface area (TPSA) is 78.1 Å². The third kappa shape index (κ3) is 2.67. The molecule has 8 heteroatoms. The number of hydrogen-bond donors (Lipinski definition) is 2. The van der Waals surface area contributed by atoms with E-state index in [2.05, 4.69) is 15.5 Å². The first-order valence-electron chi connectivity index (χ1n) is 6.59. The van der Waals surface area contributed by atoms with Gasteiger partial charge in [0, 0.05) is 25.2 Å². The minimum atomic E-state index is -0.829. The molecule has 0 unspecified atom stereocenters. The Morgan fingerprint density at radius 1 is 1.41 bits per heavy atom. The Bertz CT molecular complexity index is 718. The normalized spacial score (nSPS) is 17.8. The fourth-order valence-electron chi connectivity index (χ4n) is 2.38. The third-order valence-corrected chi connectivity index (χ3v) is 3.46. The highest BCUT2D eigenvalue weighted by Gasteiger charge is 2.36. The molecule has 3 rings (SSSR count). The number of hydrogen-bond acceptors (Lipinski definition) is 3. The number of carbonyl (C=O) groups is 2. The summed E-state index contributed by atoms with van der Waals surface area (Å²) in [6.07, 6.45) is 2.92. The van der Waals surface area contributed by atoms with Crippen LogP contribution in [0.3, 0.4) is 0 Å². The van der Waals surface area contributed by atoms with Gasteiger partial charge < -0.3 is 10.2 Å². The van der Waals surface area contributed by atoms with Crippen molar-refractivity contribution < 1.29 is 18.4 Å². The van der Waals surface area contributed by atoms with Crippen molar-refractivity contribution in [2.75, 3.05) is 16.8 Å². The van der Waals surface area contributed by atoms with Crippen molar-refractivity contribution in [3.05, 3.63) is 42.2 Å². The number of amides is 2. The Hall–Kier alpha value is -2.77. The summed E-state index contributed by atoms with van der Waals surface area (Å²) in [6.45, 7) is 0.0467. The molecule has 2 aromatic rings. The number of anilines is 2. The molecule has 2 heterocycles. The van der Waals surface area contributed by atoms with Gasteiger partial charge in [-0.1, -0.05) is 0 Å². The lowest BCUT2D eigenvalue weighted by molar-refractivity contribution is -0.122. The Morgan fingerprint density at radius 2 is 2.23 bits per heavy atom. The molecule has 2 N–H and O–H groups in total. The van der Waals surface area contributed by atoms with Gasteiger partial charge in [-0.3, -0.25) is 14.7 Å². The molecule has 1 aliphatic heterocycles. The molecular formula is C14H12F2N4O2. The van der Waals surface area contributed by atoms with Gasteiger partial charge in [0.15, 0.2) is 0 Å². The van der Waals surface area contributed by atoms with Gasteiger partial charge in [-0.15, -0.1) is 0 Å². The molecule has 0 aliphatic carbocycles. The van der Waals surface area contributed by atoms with Gasteiger partial charge in [0.2, 0.25) is 11.8 Å². The number of rotatable bonds is 3. The number of aromatic nitrogens is 2. The van der Waals surface area contributed by atoms with Crippen molar-refractivity contribution in [2.45, 2.75) is 6.42 Å². The van der Waals surface area contributed by atoms with E-state index < -0.39 is 17.6 Å². The van der Waals surface area contributed by atoms with E-state index in [1.807, 2.05) is 0 Å². The maximum absolute atomic E-state index is 13.8. The second kappa shape index (κ2) is 5.55. The predicted molar refractivity (Wildman–Crippen MR) is 74.0 cm³/mol. The second-order valence-corrected chi connectivity index (χ2v) is 4.98. The lowest BCUT2D eigenvalue weighted by atomic mass is 10.1. The summed E-state index contributed by atoms with van der Waals surface area (Å²) in [7, 11) is 0. The Kier molecular flexibility index (Phi) is 3.58. The van der Waals surface area contributed by atoms with Crippen molar-refractivity contribution in [2.24, 2.45) is 5.92 Å². The predicted octanol–water partition coefficient (Wildman–Crippen LogP) is 1.68. The molecule has 0 spiro atoms. The fourth-order valence-corrected chi connectivity index (χ4v) is 2.38. The number of benzene rings is 1. The van der Waals surface area contributed by atoms with Crippen molar-refractivity contribution in [1.82, 2.24) is 10.2 Å². The lowest BCUT2D eigenvalue weighted by Gasteiger charge is -2.17. The summed E-state index contributed by atoms with van der Waals surface area (Å²) in [5.74, 6) is -2.88. The quantitative estimate of drug-likeness (QED) is 0.905. The van der Waals surface area contributed by atoms with Crippen molar-refractivity contribution in [1.29, 1.82) is 0 Å². The van der Waals surface area contributed by atoms with Crippen LogP contribution in [0.5, 0.6) is 0 Å². The van der Waals surface area contributed by atoms with Crippen LogP contribution in [0, 0.1) is 17.6 Å². The smallest absolute Gasteiger partial charge is 0.229 e. The number of nitrogens with one attached hydrogen (secondary N) is 2. The second-order valence-electron chi connectivity index (χ2n) is 4.98. The zero-order chi connectivity index (χ0) is 15.7. The van der Waals surface area contributed by atoms with E-state index in [1.165, 1.54) is 18.5 Å². The van der Waals surface area contributed by atoms with Gasteiger partial charge >= 0.3 is 0 Å². The van der Waals surface area contributed by atoms with Crippen LogP contribution in [-0.4, -0.2) is 28.6 Å². The molecule has 0 bridgehead atoms. The minimum absolute atomic E-state index is 0.0231. The van der Waals surface area contributed by atoms with Crippen molar-refractivity contribution >= 4 is 23.2 Å². The van der Waals surface area contributed by atoms with Gasteiger partial charge in [-0.2, -0.15) is 5.10 Å². The fraction of sp³-hybridized carbons (Fsp3) is 0.214. The monoisotopic (exact) mass is 306 g/mol. The number of carbonyl (C=O) groups excluding carboxylic acids is 2. The summed E-state index contributed by atoms with van der Waals surface area (Å²) >= 11 is 0. The zero-order valence-electron chi connectivity index (χ0n) is 11.3. The van der Waals surface area contributed by atoms with E-state index in [9.17, 15) is 18.4 Å². The summed E-state index contributed by atoms with van der Waals surface area (Å²) in [6, 6.07) is 2.98. The van der Waals surface area contributed by atoms with Crippen molar-refractivity contribution in [3.63, 3.8) is 0 Å². The van der Waals surface area contributed by atoms with Crippen LogP contribution in [0.25, 0.3) is 0 Å². The van der Waals surface area contributed by atoms with Gasteiger partial charge in [0.05, 0.1) is 23.5 Å². The Labute approximate surface area is 124 Å². The number of aromatic amines is 1. The average molecular weight is 306 g/mol. The third-order valence-electron chi connectivity index (χ3n) is 3.46. The molecule has 1 aromatic heterocycles. The molecule has 1 aliphatic rings. The molecule has 1 atom stereocenters. The molecule has 1 fully saturated rings.